The molecule has 2 aromatic rings. The molecule has 0 aliphatic rings. The van der Waals surface area contributed by atoms with Crippen LogP contribution < -0.4 is 10.9 Å². The Morgan fingerprint density at radius 2 is 2.11 bits per heavy atom. The van der Waals surface area contributed by atoms with Crippen molar-refractivity contribution in [3.8, 4) is 5.69 Å². The minimum absolute atomic E-state index is 0.0394. The highest BCUT2D eigenvalue weighted by Gasteiger charge is 2.11. The predicted molar refractivity (Wildman–Crippen MR) is 76.3 cm³/mol. The van der Waals surface area contributed by atoms with Crippen molar-refractivity contribution in [3.63, 3.8) is 0 Å². The van der Waals surface area contributed by atoms with Gasteiger partial charge in [-0.15, -0.1) is 0 Å². The Morgan fingerprint density at radius 3 is 2.72 bits per heavy atom. The minimum atomic E-state index is -0.0394. The molecule has 1 heterocycles. The first-order valence-corrected chi connectivity index (χ1v) is 6.55. The van der Waals surface area contributed by atoms with Gasteiger partial charge in [0.1, 0.15) is 0 Å². The maximum absolute atomic E-state index is 11.9. The Bertz CT molecular complexity index is 628. The second-order valence-electron chi connectivity index (χ2n) is 4.30. The van der Waals surface area contributed by atoms with Gasteiger partial charge in [0, 0.05) is 16.7 Å². The van der Waals surface area contributed by atoms with Gasteiger partial charge in [-0.1, -0.05) is 15.9 Å². The Labute approximate surface area is 114 Å². The lowest BCUT2D eigenvalue weighted by molar-refractivity contribution is 0.801. The Kier molecular flexibility index (Phi) is 3.73. The molecule has 0 atom stereocenters. The number of hydrogen-bond acceptors (Lipinski definition) is 2. The van der Waals surface area contributed by atoms with Gasteiger partial charge in [0.15, 0.2) is 0 Å². The van der Waals surface area contributed by atoms with E-state index in [4.69, 9.17) is 0 Å². The van der Waals surface area contributed by atoms with Crippen LogP contribution in [0.2, 0.25) is 0 Å². The summed E-state index contributed by atoms with van der Waals surface area (Å²) in [5.74, 6) is 0. The van der Waals surface area contributed by atoms with Crippen LogP contribution in [0.3, 0.4) is 0 Å². The van der Waals surface area contributed by atoms with Crippen molar-refractivity contribution in [3.05, 3.63) is 49.8 Å². The van der Waals surface area contributed by atoms with Crippen LogP contribution in [0.15, 0.2) is 27.5 Å². The SMILES string of the molecule is CNCc1c(C)n(-c2ccc(Br)c(C)c2)[nH]c1=O. The number of rotatable bonds is 3. The molecule has 0 saturated heterocycles. The van der Waals surface area contributed by atoms with Crippen molar-refractivity contribution >= 4 is 15.9 Å². The molecule has 0 aliphatic carbocycles. The average Bonchev–Trinajstić information content (AvgIpc) is 2.61. The number of halogens is 1. The molecule has 0 aliphatic heterocycles. The van der Waals surface area contributed by atoms with Crippen molar-refractivity contribution in [1.82, 2.24) is 15.1 Å². The summed E-state index contributed by atoms with van der Waals surface area (Å²) in [7, 11) is 1.83. The number of hydrogen-bond donors (Lipinski definition) is 2. The summed E-state index contributed by atoms with van der Waals surface area (Å²) in [5.41, 5.74) is 3.78. The number of aromatic amines is 1. The van der Waals surface area contributed by atoms with Gasteiger partial charge in [0.25, 0.3) is 5.56 Å². The fraction of sp³-hybridized carbons (Fsp3) is 0.308. The number of nitrogens with zero attached hydrogens (tertiary/aromatic N) is 1. The second-order valence-corrected chi connectivity index (χ2v) is 5.16. The van der Waals surface area contributed by atoms with E-state index >= 15 is 0 Å². The molecule has 1 aromatic heterocycles. The van der Waals surface area contributed by atoms with Crippen LogP contribution in [0, 0.1) is 13.8 Å². The first-order valence-electron chi connectivity index (χ1n) is 5.76. The first-order chi connectivity index (χ1) is 8.54. The molecular weight excluding hydrogens is 294 g/mol. The van der Waals surface area contributed by atoms with Gasteiger partial charge < -0.3 is 5.32 Å². The van der Waals surface area contributed by atoms with Gasteiger partial charge in [-0.3, -0.25) is 14.6 Å². The number of H-pyrrole nitrogens is 1. The predicted octanol–water partition coefficient (Wildman–Crippen LogP) is 2.26. The number of aryl methyl sites for hydroxylation is 1. The van der Waals surface area contributed by atoms with Gasteiger partial charge in [-0.05, 0) is 44.7 Å². The monoisotopic (exact) mass is 309 g/mol. The minimum Gasteiger partial charge on any atom is -0.315 e. The van der Waals surface area contributed by atoms with Crippen LogP contribution in [0.4, 0.5) is 0 Å². The first kappa shape index (κ1) is 13.1. The summed E-state index contributed by atoms with van der Waals surface area (Å²) in [6.45, 7) is 4.55. The molecule has 18 heavy (non-hydrogen) atoms. The van der Waals surface area contributed by atoms with Crippen molar-refractivity contribution in [2.75, 3.05) is 7.05 Å². The van der Waals surface area contributed by atoms with Crippen molar-refractivity contribution in [2.24, 2.45) is 0 Å². The summed E-state index contributed by atoms with van der Waals surface area (Å²) in [4.78, 5) is 11.9. The molecule has 5 heteroatoms. The molecule has 0 amide bonds. The average molecular weight is 310 g/mol. The van der Waals surface area contributed by atoms with Crippen LogP contribution in [0.5, 0.6) is 0 Å². The van der Waals surface area contributed by atoms with Crippen molar-refractivity contribution in [2.45, 2.75) is 20.4 Å². The molecule has 2 N–H and O–H groups in total. The summed E-state index contributed by atoms with van der Waals surface area (Å²) in [6.07, 6.45) is 0. The summed E-state index contributed by atoms with van der Waals surface area (Å²) in [5, 5.41) is 5.88. The summed E-state index contributed by atoms with van der Waals surface area (Å²) in [6, 6.07) is 6.00. The van der Waals surface area contributed by atoms with Gasteiger partial charge >= 0.3 is 0 Å². The maximum atomic E-state index is 11.9. The Balaban J connectivity index is 2.54. The van der Waals surface area contributed by atoms with Gasteiger partial charge in [-0.25, -0.2) is 0 Å². The van der Waals surface area contributed by atoms with E-state index in [1.54, 1.807) is 0 Å². The third kappa shape index (κ3) is 2.28. The van der Waals surface area contributed by atoms with E-state index < -0.39 is 0 Å². The van der Waals surface area contributed by atoms with E-state index in [-0.39, 0.29) is 5.56 Å². The molecule has 0 bridgehead atoms. The zero-order valence-corrected chi connectivity index (χ0v) is 12.3. The van der Waals surface area contributed by atoms with Gasteiger partial charge in [0.05, 0.1) is 11.3 Å². The lowest BCUT2D eigenvalue weighted by Crippen LogP contribution is -2.14. The molecule has 0 fully saturated rings. The van der Waals surface area contributed by atoms with Crippen LogP contribution >= 0.6 is 15.9 Å². The molecule has 2 rings (SSSR count). The molecule has 0 saturated carbocycles. The van der Waals surface area contributed by atoms with E-state index in [0.29, 0.717) is 6.54 Å². The zero-order chi connectivity index (χ0) is 13.3. The fourth-order valence-electron chi connectivity index (χ4n) is 1.96. The van der Waals surface area contributed by atoms with E-state index in [9.17, 15) is 4.79 Å². The smallest absolute Gasteiger partial charge is 0.269 e. The molecule has 0 radical (unpaired) electrons. The quantitative estimate of drug-likeness (QED) is 0.914. The maximum Gasteiger partial charge on any atom is 0.269 e. The number of aromatic nitrogens is 2. The van der Waals surface area contributed by atoms with Gasteiger partial charge in [0.2, 0.25) is 0 Å². The Morgan fingerprint density at radius 1 is 1.39 bits per heavy atom. The molecule has 1 aromatic carbocycles. The largest absolute Gasteiger partial charge is 0.315 e. The third-order valence-electron chi connectivity index (χ3n) is 3.01. The van der Waals surface area contributed by atoms with Gasteiger partial charge in [-0.2, -0.15) is 0 Å². The molecular formula is C13H16BrN3O. The number of benzene rings is 1. The third-order valence-corrected chi connectivity index (χ3v) is 3.90. The lowest BCUT2D eigenvalue weighted by atomic mass is 10.2. The van der Waals surface area contributed by atoms with Crippen molar-refractivity contribution < 1.29 is 0 Å². The van der Waals surface area contributed by atoms with E-state index in [1.165, 1.54) is 0 Å². The summed E-state index contributed by atoms with van der Waals surface area (Å²) >= 11 is 3.47. The molecule has 0 spiro atoms. The van der Waals surface area contributed by atoms with Crippen LogP contribution in [0.25, 0.3) is 5.69 Å². The lowest BCUT2D eigenvalue weighted by Gasteiger charge is -2.08. The standard InChI is InChI=1S/C13H16BrN3O/c1-8-6-10(4-5-12(8)14)17-9(2)11(7-15-3)13(18)16-17/h4-6,15H,7H2,1-3H3,(H,16,18). The fourth-order valence-corrected chi connectivity index (χ4v) is 2.21. The normalized spacial score (nSPS) is 10.9. The molecule has 4 nitrogen and oxygen atoms in total. The zero-order valence-electron chi connectivity index (χ0n) is 10.7. The molecule has 96 valence electrons. The highest BCUT2D eigenvalue weighted by molar-refractivity contribution is 9.10. The Hall–Kier alpha value is -1.33. The van der Waals surface area contributed by atoms with Crippen LogP contribution in [-0.4, -0.2) is 16.8 Å². The highest BCUT2D eigenvalue weighted by atomic mass is 79.9. The van der Waals surface area contributed by atoms with Crippen LogP contribution in [-0.2, 0) is 6.54 Å². The van der Waals surface area contributed by atoms with E-state index in [1.807, 2.05) is 43.8 Å². The summed E-state index contributed by atoms with van der Waals surface area (Å²) < 4.78 is 2.89. The highest BCUT2D eigenvalue weighted by Crippen LogP contribution is 2.20. The second kappa shape index (κ2) is 5.12. The molecule has 0 unspecified atom stereocenters. The van der Waals surface area contributed by atoms with E-state index in [2.05, 4.69) is 26.3 Å². The number of nitrogens with one attached hydrogen (secondary N) is 2. The van der Waals surface area contributed by atoms with Crippen LogP contribution in [0.1, 0.15) is 16.8 Å². The van der Waals surface area contributed by atoms with Crippen molar-refractivity contribution in [1.29, 1.82) is 0 Å². The topological polar surface area (TPSA) is 49.8 Å². The van der Waals surface area contributed by atoms with E-state index in [0.717, 1.165) is 27.0 Å².